The Morgan fingerprint density at radius 1 is 1.46 bits per heavy atom. The van der Waals surface area contributed by atoms with Gasteiger partial charge in [0.15, 0.2) is 0 Å². The molecule has 1 amide bonds. The van der Waals surface area contributed by atoms with Crippen molar-refractivity contribution in [1.82, 2.24) is 4.72 Å². The first-order valence-electron chi connectivity index (χ1n) is 3.79. The molecular weight excluding hydrogens is 216 g/mol. The molecule has 0 unspecified atom stereocenters. The summed E-state index contributed by atoms with van der Waals surface area (Å²) in [5, 5.41) is 0. The Kier molecular flexibility index (Phi) is 6.02. The van der Waals surface area contributed by atoms with Crippen molar-refractivity contribution in [1.29, 1.82) is 0 Å². The van der Waals surface area contributed by atoms with E-state index in [1.54, 1.807) is 0 Å². The highest BCUT2D eigenvalue weighted by atomic mass is 35.5. The van der Waals surface area contributed by atoms with Crippen LogP contribution in [0.2, 0.25) is 0 Å². The highest BCUT2D eigenvalue weighted by Gasteiger charge is 2.07. The number of sulfonamides is 1. The van der Waals surface area contributed by atoms with Crippen molar-refractivity contribution in [3.63, 3.8) is 0 Å². The lowest BCUT2D eigenvalue weighted by molar-refractivity contribution is -0.118. The average Bonchev–Trinajstić information content (AvgIpc) is 1.98. The average molecular weight is 229 g/mol. The highest BCUT2D eigenvalue weighted by Crippen LogP contribution is 1.90. The molecule has 0 heterocycles. The Bertz CT molecular complexity index is 253. The second-order valence-corrected chi connectivity index (χ2v) is 4.78. The van der Waals surface area contributed by atoms with Crippen LogP contribution in [0, 0.1) is 0 Å². The highest BCUT2D eigenvalue weighted by molar-refractivity contribution is 7.89. The molecule has 0 aromatic heterocycles. The van der Waals surface area contributed by atoms with E-state index in [-0.39, 0.29) is 24.6 Å². The molecule has 0 aromatic carbocycles. The third-order valence-electron chi connectivity index (χ3n) is 1.27. The summed E-state index contributed by atoms with van der Waals surface area (Å²) in [4.78, 5) is 10.3. The summed E-state index contributed by atoms with van der Waals surface area (Å²) in [6, 6.07) is 0. The Morgan fingerprint density at radius 3 is 2.54 bits per heavy atom. The summed E-state index contributed by atoms with van der Waals surface area (Å²) in [7, 11) is -3.26. The van der Waals surface area contributed by atoms with Gasteiger partial charge in [-0.25, -0.2) is 13.1 Å². The summed E-state index contributed by atoms with van der Waals surface area (Å²) in [6.45, 7) is 0.224. The van der Waals surface area contributed by atoms with Crippen molar-refractivity contribution in [3.8, 4) is 0 Å². The van der Waals surface area contributed by atoms with Gasteiger partial charge in [0.05, 0.1) is 5.75 Å². The molecule has 0 radical (unpaired) electrons. The molecule has 0 aliphatic rings. The number of carbonyl (C=O) groups excluding carboxylic acids is 1. The molecule has 0 rings (SSSR count). The molecule has 0 aliphatic carbocycles. The second kappa shape index (κ2) is 6.17. The molecule has 3 N–H and O–H groups in total. The third-order valence-corrected chi connectivity index (χ3v) is 3.07. The van der Waals surface area contributed by atoms with Crippen LogP contribution in [-0.4, -0.2) is 32.5 Å². The predicted molar refractivity (Wildman–Crippen MR) is 50.9 cm³/mol. The first-order valence-corrected chi connectivity index (χ1v) is 5.98. The van der Waals surface area contributed by atoms with E-state index in [2.05, 4.69) is 4.72 Å². The molecule has 0 atom stereocenters. The topological polar surface area (TPSA) is 89.3 Å². The summed E-state index contributed by atoms with van der Waals surface area (Å²) in [6.07, 6.45) is 0.597. The van der Waals surface area contributed by atoms with Crippen LogP contribution in [0.4, 0.5) is 0 Å². The van der Waals surface area contributed by atoms with Gasteiger partial charge in [-0.1, -0.05) is 0 Å². The first-order chi connectivity index (χ1) is 5.98. The third kappa shape index (κ3) is 8.01. The lowest BCUT2D eigenvalue weighted by Gasteiger charge is -2.03. The molecule has 0 bridgehead atoms. The van der Waals surface area contributed by atoms with Gasteiger partial charge in [0.1, 0.15) is 0 Å². The predicted octanol–water partition coefficient (Wildman–Crippen LogP) is -0.590. The van der Waals surface area contributed by atoms with Crippen LogP contribution in [0.3, 0.4) is 0 Å². The number of carbonyl (C=O) groups is 1. The molecular formula is C6H13ClN2O3S. The van der Waals surface area contributed by atoms with Gasteiger partial charge in [0.2, 0.25) is 15.9 Å². The number of alkyl halides is 1. The Balaban J connectivity index is 3.58. The monoisotopic (exact) mass is 228 g/mol. The number of primary amides is 1. The fraction of sp³-hybridized carbons (Fsp3) is 0.833. The van der Waals surface area contributed by atoms with Crippen molar-refractivity contribution in [2.75, 3.05) is 18.2 Å². The van der Waals surface area contributed by atoms with Gasteiger partial charge in [0, 0.05) is 18.8 Å². The van der Waals surface area contributed by atoms with Crippen molar-refractivity contribution < 1.29 is 13.2 Å². The molecule has 0 saturated carbocycles. The van der Waals surface area contributed by atoms with Crippen LogP contribution in [0.1, 0.15) is 12.8 Å². The molecule has 13 heavy (non-hydrogen) atoms. The van der Waals surface area contributed by atoms with Crippen molar-refractivity contribution in [2.45, 2.75) is 12.8 Å². The summed E-state index contributed by atoms with van der Waals surface area (Å²) in [5.74, 6) is -0.479. The largest absolute Gasteiger partial charge is 0.370 e. The lowest BCUT2D eigenvalue weighted by atomic mass is 10.3. The Morgan fingerprint density at radius 2 is 2.08 bits per heavy atom. The zero-order chi connectivity index (χ0) is 10.3. The maximum Gasteiger partial charge on any atom is 0.217 e. The molecule has 5 nitrogen and oxygen atoms in total. The quantitative estimate of drug-likeness (QED) is 0.451. The van der Waals surface area contributed by atoms with Crippen LogP contribution in [0.25, 0.3) is 0 Å². The van der Waals surface area contributed by atoms with Crippen molar-refractivity contribution in [2.24, 2.45) is 5.73 Å². The molecule has 0 aliphatic heterocycles. The second-order valence-electron chi connectivity index (χ2n) is 2.47. The SMILES string of the molecule is NC(=O)CCCNS(=O)(=O)CCCl. The Labute approximate surface area is 82.7 Å². The maximum atomic E-state index is 11.0. The maximum absolute atomic E-state index is 11.0. The Hall–Kier alpha value is -0.330. The van der Waals surface area contributed by atoms with Gasteiger partial charge in [-0.05, 0) is 6.42 Å². The molecule has 0 aromatic rings. The minimum absolute atomic E-state index is 0.0607. The van der Waals surface area contributed by atoms with E-state index in [0.717, 1.165) is 0 Å². The van der Waals surface area contributed by atoms with Crippen LogP contribution in [0.15, 0.2) is 0 Å². The van der Waals surface area contributed by atoms with Crippen LogP contribution in [0.5, 0.6) is 0 Å². The number of rotatable bonds is 7. The van der Waals surface area contributed by atoms with Gasteiger partial charge >= 0.3 is 0 Å². The van der Waals surface area contributed by atoms with Gasteiger partial charge in [-0.3, -0.25) is 4.79 Å². The van der Waals surface area contributed by atoms with Gasteiger partial charge < -0.3 is 5.73 Å². The molecule has 0 spiro atoms. The number of hydrogen-bond donors (Lipinski definition) is 2. The van der Waals surface area contributed by atoms with E-state index in [4.69, 9.17) is 17.3 Å². The van der Waals surface area contributed by atoms with E-state index in [9.17, 15) is 13.2 Å². The first kappa shape index (κ1) is 12.7. The van der Waals surface area contributed by atoms with E-state index < -0.39 is 15.9 Å². The fourth-order valence-corrected chi connectivity index (χ4v) is 2.08. The summed E-state index contributed by atoms with van der Waals surface area (Å²) < 4.78 is 24.2. The minimum atomic E-state index is -3.26. The number of amides is 1. The van der Waals surface area contributed by atoms with Gasteiger partial charge in [-0.2, -0.15) is 0 Å². The smallest absolute Gasteiger partial charge is 0.217 e. The zero-order valence-electron chi connectivity index (χ0n) is 7.12. The minimum Gasteiger partial charge on any atom is -0.370 e. The summed E-state index contributed by atoms with van der Waals surface area (Å²) >= 11 is 5.26. The van der Waals surface area contributed by atoms with E-state index >= 15 is 0 Å². The number of nitrogens with two attached hydrogens (primary N) is 1. The number of hydrogen-bond acceptors (Lipinski definition) is 3. The molecule has 0 fully saturated rings. The molecule has 7 heteroatoms. The standard InChI is InChI=1S/C6H13ClN2O3S/c7-3-5-13(11,12)9-4-1-2-6(8)10/h9H,1-5H2,(H2,8,10). The van der Waals surface area contributed by atoms with Crippen LogP contribution >= 0.6 is 11.6 Å². The zero-order valence-corrected chi connectivity index (χ0v) is 8.70. The lowest BCUT2D eigenvalue weighted by Crippen LogP contribution is -2.28. The van der Waals surface area contributed by atoms with E-state index in [0.29, 0.717) is 6.42 Å². The normalized spacial score (nSPS) is 11.5. The summed E-state index contributed by atoms with van der Waals surface area (Å²) in [5.41, 5.74) is 4.86. The van der Waals surface area contributed by atoms with Crippen LogP contribution in [-0.2, 0) is 14.8 Å². The molecule has 78 valence electrons. The van der Waals surface area contributed by atoms with E-state index in [1.807, 2.05) is 0 Å². The van der Waals surface area contributed by atoms with Crippen molar-refractivity contribution in [3.05, 3.63) is 0 Å². The molecule has 0 saturated heterocycles. The van der Waals surface area contributed by atoms with Gasteiger partial charge in [0.25, 0.3) is 0 Å². The van der Waals surface area contributed by atoms with Crippen molar-refractivity contribution >= 4 is 27.5 Å². The van der Waals surface area contributed by atoms with Crippen LogP contribution < -0.4 is 10.5 Å². The van der Waals surface area contributed by atoms with E-state index in [1.165, 1.54) is 0 Å². The number of halogens is 1. The number of nitrogens with one attached hydrogen (secondary N) is 1. The van der Waals surface area contributed by atoms with Gasteiger partial charge in [-0.15, -0.1) is 11.6 Å². The fourth-order valence-electron chi connectivity index (χ4n) is 0.664.